The van der Waals surface area contributed by atoms with Crippen molar-refractivity contribution >= 4 is 43.4 Å². The molecule has 1 aliphatic rings. The zero-order valence-corrected chi connectivity index (χ0v) is 20.6. The zero-order chi connectivity index (χ0) is 23.0. The predicted molar refractivity (Wildman–Crippen MR) is 134 cm³/mol. The first-order valence-corrected chi connectivity index (χ1v) is 14.1. The number of aromatic amines is 1. The van der Waals surface area contributed by atoms with Crippen molar-refractivity contribution in [3.63, 3.8) is 0 Å². The molecule has 0 radical (unpaired) electrons. The molecule has 0 saturated carbocycles. The Balaban J connectivity index is 1.37. The second-order valence-corrected chi connectivity index (χ2v) is 12.4. The monoisotopic (exact) mass is 500 g/mol. The van der Waals surface area contributed by atoms with Crippen LogP contribution in [-0.2, 0) is 22.1 Å². The van der Waals surface area contributed by atoms with Crippen LogP contribution in [0, 0.1) is 0 Å². The molecule has 1 aliphatic heterocycles. The van der Waals surface area contributed by atoms with Crippen molar-refractivity contribution in [2.24, 2.45) is 0 Å². The standard InChI is InChI=1S/C23H24N4O3S3/c1-26-6-8-27(9-7-26)13-16-4-5-17-12-18(23(28)25-19(17)11-16)20-14-32-21(24-20)15-33(29,30)22-3-2-10-31-22/h2-5,10-12,14H,6-9,13,15H2,1H3,(H,25,28). The third-order valence-corrected chi connectivity index (χ3v) is 10.0. The molecule has 1 N–H and O–H groups in total. The number of thiophene rings is 1. The van der Waals surface area contributed by atoms with E-state index in [9.17, 15) is 13.2 Å². The minimum Gasteiger partial charge on any atom is -0.321 e. The molecule has 5 rings (SSSR count). The smallest absolute Gasteiger partial charge is 0.257 e. The fourth-order valence-electron chi connectivity index (χ4n) is 3.98. The maximum Gasteiger partial charge on any atom is 0.257 e. The van der Waals surface area contributed by atoms with Crippen molar-refractivity contribution in [1.82, 2.24) is 19.8 Å². The van der Waals surface area contributed by atoms with E-state index in [0.29, 0.717) is 20.5 Å². The first-order valence-electron chi connectivity index (χ1n) is 10.7. The molecule has 3 aromatic heterocycles. The SMILES string of the molecule is CN1CCN(Cc2ccc3cc(-c4csc(CS(=O)(=O)c5cccs5)n4)c(=O)[nH]c3c2)CC1. The Bertz CT molecular complexity index is 1430. The number of nitrogens with zero attached hydrogens (tertiary/aromatic N) is 3. The summed E-state index contributed by atoms with van der Waals surface area (Å²) in [6.07, 6.45) is 0. The predicted octanol–water partition coefficient (Wildman–Crippen LogP) is 3.43. The number of hydrogen-bond donors (Lipinski definition) is 1. The molecule has 33 heavy (non-hydrogen) atoms. The minimum absolute atomic E-state index is 0.167. The van der Waals surface area contributed by atoms with Crippen molar-refractivity contribution in [2.75, 3.05) is 33.2 Å². The molecular formula is C23H24N4O3S3. The number of pyridine rings is 1. The Morgan fingerprint density at radius 1 is 1.09 bits per heavy atom. The van der Waals surface area contributed by atoms with Gasteiger partial charge in [0.25, 0.3) is 5.56 Å². The maximum absolute atomic E-state index is 12.8. The summed E-state index contributed by atoms with van der Waals surface area (Å²) in [6, 6.07) is 11.3. The van der Waals surface area contributed by atoms with E-state index in [1.165, 1.54) is 28.2 Å². The molecular weight excluding hydrogens is 476 g/mol. The average molecular weight is 501 g/mol. The second-order valence-electron chi connectivity index (χ2n) is 8.33. The average Bonchev–Trinajstić information content (AvgIpc) is 3.47. The molecule has 0 unspecified atom stereocenters. The van der Waals surface area contributed by atoms with E-state index < -0.39 is 9.84 Å². The van der Waals surface area contributed by atoms with E-state index in [0.717, 1.165) is 43.6 Å². The van der Waals surface area contributed by atoms with Crippen LogP contribution in [0.5, 0.6) is 0 Å². The third-order valence-electron chi connectivity index (χ3n) is 5.86. The number of benzene rings is 1. The second kappa shape index (κ2) is 9.11. The van der Waals surface area contributed by atoms with Crippen LogP contribution in [0.1, 0.15) is 10.6 Å². The van der Waals surface area contributed by atoms with Crippen molar-refractivity contribution in [1.29, 1.82) is 0 Å². The fraction of sp³-hybridized carbons (Fsp3) is 0.304. The summed E-state index contributed by atoms with van der Waals surface area (Å²) in [5.41, 5.74) is 2.69. The molecule has 1 aromatic carbocycles. The highest BCUT2D eigenvalue weighted by molar-refractivity contribution is 7.92. The van der Waals surface area contributed by atoms with Crippen molar-refractivity contribution in [2.45, 2.75) is 16.5 Å². The Morgan fingerprint density at radius 2 is 1.91 bits per heavy atom. The highest BCUT2D eigenvalue weighted by Crippen LogP contribution is 2.26. The minimum atomic E-state index is -3.43. The molecule has 0 bridgehead atoms. The van der Waals surface area contributed by atoms with Gasteiger partial charge in [0.1, 0.15) is 15.0 Å². The maximum atomic E-state index is 12.8. The third kappa shape index (κ3) is 4.95. The van der Waals surface area contributed by atoms with E-state index in [4.69, 9.17) is 0 Å². The van der Waals surface area contributed by atoms with Crippen LogP contribution in [0.2, 0.25) is 0 Å². The summed E-state index contributed by atoms with van der Waals surface area (Å²) in [4.78, 5) is 25.0. The number of H-pyrrole nitrogens is 1. The summed E-state index contributed by atoms with van der Waals surface area (Å²) < 4.78 is 25.4. The largest absolute Gasteiger partial charge is 0.321 e. The van der Waals surface area contributed by atoms with E-state index in [-0.39, 0.29) is 11.3 Å². The number of sulfone groups is 1. The summed E-state index contributed by atoms with van der Waals surface area (Å²) >= 11 is 2.45. The summed E-state index contributed by atoms with van der Waals surface area (Å²) in [6.45, 7) is 5.08. The van der Waals surface area contributed by atoms with Gasteiger partial charge in [0.05, 0.1) is 11.3 Å². The molecule has 1 fully saturated rings. The number of nitrogens with one attached hydrogen (secondary N) is 1. The number of aromatic nitrogens is 2. The van der Waals surface area contributed by atoms with E-state index in [2.05, 4.69) is 32.9 Å². The van der Waals surface area contributed by atoms with Gasteiger partial charge in [-0.05, 0) is 41.6 Å². The number of fused-ring (bicyclic) bond motifs is 1. The summed E-state index contributed by atoms with van der Waals surface area (Å²) in [5.74, 6) is -0.167. The molecule has 172 valence electrons. The summed E-state index contributed by atoms with van der Waals surface area (Å²) in [7, 11) is -1.29. The van der Waals surface area contributed by atoms with Crippen LogP contribution in [0.3, 0.4) is 0 Å². The molecule has 4 heterocycles. The molecule has 0 spiro atoms. The zero-order valence-electron chi connectivity index (χ0n) is 18.2. The lowest BCUT2D eigenvalue weighted by atomic mass is 10.1. The van der Waals surface area contributed by atoms with Crippen LogP contribution < -0.4 is 5.56 Å². The van der Waals surface area contributed by atoms with Gasteiger partial charge in [-0.1, -0.05) is 18.2 Å². The van der Waals surface area contributed by atoms with Crippen LogP contribution in [0.15, 0.2) is 56.2 Å². The molecule has 0 atom stereocenters. The Labute approximate surface area is 200 Å². The first-order chi connectivity index (χ1) is 15.9. The highest BCUT2D eigenvalue weighted by Gasteiger charge is 2.20. The number of piperazine rings is 1. The Hall–Kier alpha value is -2.37. The van der Waals surface area contributed by atoms with Crippen LogP contribution in [-0.4, -0.2) is 61.4 Å². The lowest BCUT2D eigenvalue weighted by Gasteiger charge is -2.32. The van der Waals surface area contributed by atoms with Gasteiger partial charge in [-0.3, -0.25) is 9.69 Å². The van der Waals surface area contributed by atoms with Gasteiger partial charge < -0.3 is 9.88 Å². The number of rotatable bonds is 6. The van der Waals surface area contributed by atoms with Gasteiger partial charge in [-0.15, -0.1) is 22.7 Å². The van der Waals surface area contributed by atoms with Crippen LogP contribution in [0.25, 0.3) is 22.2 Å². The van der Waals surface area contributed by atoms with Gasteiger partial charge in [0.2, 0.25) is 0 Å². The Morgan fingerprint density at radius 3 is 2.67 bits per heavy atom. The molecule has 7 nitrogen and oxygen atoms in total. The number of likely N-dealkylation sites (N-methyl/N-ethyl adjacent to an activating group) is 1. The molecule has 10 heteroatoms. The highest BCUT2D eigenvalue weighted by atomic mass is 32.2. The first kappa shape index (κ1) is 22.4. The number of thiazole rings is 1. The Kier molecular flexibility index (Phi) is 6.19. The topological polar surface area (TPSA) is 86.4 Å². The van der Waals surface area contributed by atoms with Crippen LogP contribution >= 0.6 is 22.7 Å². The van der Waals surface area contributed by atoms with Gasteiger partial charge in [-0.25, -0.2) is 13.4 Å². The van der Waals surface area contributed by atoms with Gasteiger partial charge in [0, 0.05) is 43.6 Å². The van der Waals surface area contributed by atoms with E-state index in [1.807, 2.05) is 18.2 Å². The lowest BCUT2D eigenvalue weighted by molar-refractivity contribution is 0.148. The molecule has 0 aliphatic carbocycles. The van der Waals surface area contributed by atoms with Crippen LogP contribution in [0.4, 0.5) is 0 Å². The van der Waals surface area contributed by atoms with Gasteiger partial charge in [0.15, 0.2) is 9.84 Å². The molecule has 0 amide bonds. The van der Waals surface area contributed by atoms with E-state index in [1.54, 1.807) is 22.9 Å². The van der Waals surface area contributed by atoms with E-state index >= 15 is 0 Å². The normalized spacial score (nSPS) is 15.9. The lowest BCUT2D eigenvalue weighted by Crippen LogP contribution is -2.43. The van der Waals surface area contributed by atoms with Crippen molar-refractivity contribution < 1.29 is 8.42 Å². The molecule has 4 aromatic rings. The van der Waals surface area contributed by atoms with Gasteiger partial charge >= 0.3 is 0 Å². The van der Waals surface area contributed by atoms with Crippen molar-refractivity contribution in [3.8, 4) is 11.3 Å². The van der Waals surface area contributed by atoms with Crippen molar-refractivity contribution in [3.05, 3.63) is 68.1 Å². The number of hydrogen-bond acceptors (Lipinski definition) is 8. The summed E-state index contributed by atoms with van der Waals surface area (Å²) in [5, 5.41) is 4.89. The molecule has 1 saturated heterocycles. The quantitative estimate of drug-likeness (QED) is 0.437. The van der Waals surface area contributed by atoms with Gasteiger partial charge in [-0.2, -0.15) is 0 Å². The fourth-order valence-corrected chi connectivity index (χ4v) is 7.49.